The minimum atomic E-state index is -3.10. The molecule has 0 aromatic carbocycles. The van der Waals surface area contributed by atoms with Crippen LogP contribution in [0.1, 0.15) is 26.7 Å². The lowest BCUT2D eigenvalue weighted by Gasteiger charge is -2.20. The monoisotopic (exact) mass is 227 g/mol. The Morgan fingerprint density at radius 3 is 1.92 bits per heavy atom. The van der Waals surface area contributed by atoms with Gasteiger partial charge in [0.1, 0.15) is 0 Å². The van der Waals surface area contributed by atoms with Gasteiger partial charge < -0.3 is 0 Å². The van der Waals surface area contributed by atoms with Crippen LogP contribution in [0.2, 0.25) is 0 Å². The summed E-state index contributed by atoms with van der Waals surface area (Å²) < 4.78 is 24.6. The van der Waals surface area contributed by atoms with E-state index in [4.69, 9.17) is 11.6 Å². The summed E-state index contributed by atoms with van der Waals surface area (Å²) in [5, 5.41) is 0. The molecule has 0 amide bonds. The van der Waals surface area contributed by atoms with Crippen LogP contribution in [0.25, 0.3) is 0 Å². The van der Waals surface area contributed by atoms with Crippen molar-refractivity contribution in [2.24, 2.45) is 0 Å². The third kappa shape index (κ3) is 4.84. The van der Waals surface area contributed by atoms with Gasteiger partial charge >= 0.3 is 0 Å². The van der Waals surface area contributed by atoms with E-state index in [1.807, 2.05) is 13.8 Å². The Morgan fingerprint density at radius 2 is 1.62 bits per heavy atom. The highest BCUT2D eigenvalue weighted by Crippen LogP contribution is 2.04. The molecule has 0 aliphatic carbocycles. The van der Waals surface area contributed by atoms with E-state index in [-0.39, 0.29) is 11.6 Å². The first kappa shape index (κ1) is 13.2. The molecule has 0 unspecified atom stereocenters. The zero-order valence-corrected chi connectivity index (χ0v) is 9.86. The van der Waals surface area contributed by atoms with Crippen molar-refractivity contribution in [3.05, 3.63) is 0 Å². The Hall–Kier alpha value is 0.200. The van der Waals surface area contributed by atoms with E-state index in [0.29, 0.717) is 13.1 Å². The summed E-state index contributed by atoms with van der Waals surface area (Å²) in [6.45, 7) is 5.15. The number of rotatable bonds is 7. The van der Waals surface area contributed by atoms with Gasteiger partial charge in [-0.1, -0.05) is 13.8 Å². The van der Waals surface area contributed by atoms with Gasteiger partial charge in [-0.05, 0) is 12.8 Å². The molecule has 80 valence electrons. The summed E-state index contributed by atoms with van der Waals surface area (Å²) >= 11 is 5.42. The highest BCUT2D eigenvalue weighted by molar-refractivity contribution is 7.89. The van der Waals surface area contributed by atoms with Gasteiger partial charge in [0.05, 0.1) is 5.75 Å². The molecule has 0 aromatic heterocycles. The van der Waals surface area contributed by atoms with E-state index in [9.17, 15) is 8.42 Å². The molecule has 0 fully saturated rings. The zero-order valence-electron chi connectivity index (χ0n) is 8.29. The molecule has 0 spiro atoms. The Balaban J connectivity index is 4.33. The molecule has 0 bridgehead atoms. The summed E-state index contributed by atoms with van der Waals surface area (Å²) in [6, 6.07) is 0. The molecule has 0 N–H and O–H groups in total. The molecule has 0 rings (SSSR count). The lowest BCUT2D eigenvalue weighted by Crippen LogP contribution is -2.34. The fraction of sp³-hybridized carbons (Fsp3) is 1.00. The number of sulfonamides is 1. The number of hydrogen-bond acceptors (Lipinski definition) is 2. The number of alkyl halides is 1. The van der Waals surface area contributed by atoms with E-state index in [2.05, 4.69) is 0 Å². The highest BCUT2D eigenvalue weighted by atomic mass is 35.5. The van der Waals surface area contributed by atoms with Crippen LogP contribution in [-0.4, -0.2) is 37.4 Å². The minimum Gasteiger partial charge on any atom is -0.212 e. The van der Waals surface area contributed by atoms with Gasteiger partial charge in [-0.3, -0.25) is 0 Å². The van der Waals surface area contributed by atoms with E-state index in [1.54, 1.807) is 0 Å². The molecule has 3 nitrogen and oxygen atoms in total. The van der Waals surface area contributed by atoms with Crippen molar-refractivity contribution in [2.75, 3.05) is 24.7 Å². The molecule has 0 saturated heterocycles. The average molecular weight is 228 g/mol. The van der Waals surface area contributed by atoms with Crippen molar-refractivity contribution >= 4 is 21.6 Å². The van der Waals surface area contributed by atoms with Crippen molar-refractivity contribution in [3.8, 4) is 0 Å². The van der Waals surface area contributed by atoms with Crippen LogP contribution in [0.4, 0.5) is 0 Å². The van der Waals surface area contributed by atoms with Crippen molar-refractivity contribution in [2.45, 2.75) is 26.7 Å². The topological polar surface area (TPSA) is 37.4 Å². The molecule has 0 aliphatic heterocycles. The molecular formula is C8H18ClNO2S. The molecule has 0 aliphatic rings. The Bertz CT molecular complexity index is 210. The maximum absolute atomic E-state index is 11.6. The van der Waals surface area contributed by atoms with Gasteiger partial charge in [0.15, 0.2) is 0 Å². The van der Waals surface area contributed by atoms with Crippen LogP contribution in [0, 0.1) is 0 Å². The second kappa shape index (κ2) is 6.62. The predicted molar refractivity (Wildman–Crippen MR) is 56.7 cm³/mol. The van der Waals surface area contributed by atoms with Crippen molar-refractivity contribution in [1.29, 1.82) is 0 Å². The van der Waals surface area contributed by atoms with E-state index in [1.165, 1.54) is 4.31 Å². The number of hydrogen-bond donors (Lipinski definition) is 0. The molecule has 0 heterocycles. The first-order valence-corrected chi connectivity index (χ1v) is 6.76. The Kier molecular flexibility index (Phi) is 6.73. The van der Waals surface area contributed by atoms with Crippen LogP contribution in [0.5, 0.6) is 0 Å². The standard InChI is InChI=1S/C8H18ClNO2S/c1-3-6-10(7-4-2)13(11,12)8-5-9/h3-8H2,1-2H3. The maximum atomic E-state index is 11.6. The zero-order chi connectivity index (χ0) is 10.3. The summed E-state index contributed by atoms with van der Waals surface area (Å²) in [5.74, 6) is 0.223. The summed E-state index contributed by atoms with van der Waals surface area (Å²) in [7, 11) is -3.10. The minimum absolute atomic E-state index is 0.0502. The summed E-state index contributed by atoms with van der Waals surface area (Å²) in [6.07, 6.45) is 1.70. The SMILES string of the molecule is CCCN(CCC)S(=O)(=O)CCCl. The largest absolute Gasteiger partial charge is 0.215 e. The van der Waals surface area contributed by atoms with Crippen LogP contribution < -0.4 is 0 Å². The van der Waals surface area contributed by atoms with Crippen molar-refractivity contribution in [3.63, 3.8) is 0 Å². The molecule has 0 saturated carbocycles. The van der Waals surface area contributed by atoms with Gasteiger partial charge in [0.2, 0.25) is 10.0 Å². The molecule has 5 heteroatoms. The first-order valence-electron chi connectivity index (χ1n) is 4.62. The fourth-order valence-electron chi connectivity index (χ4n) is 1.12. The van der Waals surface area contributed by atoms with Gasteiger partial charge in [0.25, 0.3) is 0 Å². The third-order valence-electron chi connectivity index (χ3n) is 1.67. The van der Waals surface area contributed by atoms with Crippen LogP contribution in [-0.2, 0) is 10.0 Å². The number of halogens is 1. The second-order valence-corrected chi connectivity index (χ2v) is 5.37. The molecule has 0 atom stereocenters. The van der Waals surface area contributed by atoms with Gasteiger partial charge in [-0.2, -0.15) is 0 Å². The molecular weight excluding hydrogens is 210 g/mol. The fourth-order valence-corrected chi connectivity index (χ4v) is 3.08. The Morgan fingerprint density at radius 1 is 1.15 bits per heavy atom. The van der Waals surface area contributed by atoms with Crippen LogP contribution in [0.15, 0.2) is 0 Å². The summed E-state index contributed by atoms with van der Waals surface area (Å²) in [4.78, 5) is 0. The second-order valence-electron chi connectivity index (χ2n) is 2.90. The number of nitrogens with zero attached hydrogens (tertiary/aromatic N) is 1. The lowest BCUT2D eigenvalue weighted by atomic mass is 10.4. The van der Waals surface area contributed by atoms with Gasteiger partial charge in [-0.15, -0.1) is 11.6 Å². The lowest BCUT2D eigenvalue weighted by molar-refractivity contribution is 0.411. The molecule has 0 radical (unpaired) electrons. The highest BCUT2D eigenvalue weighted by Gasteiger charge is 2.18. The van der Waals surface area contributed by atoms with Crippen LogP contribution in [0.3, 0.4) is 0 Å². The van der Waals surface area contributed by atoms with E-state index in [0.717, 1.165) is 12.8 Å². The van der Waals surface area contributed by atoms with Crippen LogP contribution >= 0.6 is 11.6 Å². The maximum Gasteiger partial charge on any atom is 0.215 e. The quantitative estimate of drug-likeness (QED) is 0.621. The Labute approximate surface area is 86.1 Å². The predicted octanol–water partition coefficient (Wildman–Crippen LogP) is 1.68. The molecule has 0 aromatic rings. The van der Waals surface area contributed by atoms with Crippen molar-refractivity contribution in [1.82, 2.24) is 4.31 Å². The average Bonchev–Trinajstić information content (AvgIpc) is 2.04. The smallest absolute Gasteiger partial charge is 0.212 e. The van der Waals surface area contributed by atoms with Gasteiger partial charge in [-0.25, -0.2) is 12.7 Å². The van der Waals surface area contributed by atoms with E-state index >= 15 is 0 Å². The normalized spacial score (nSPS) is 12.3. The van der Waals surface area contributed by atoms with Crippen molar-refractivity contribution < 1.29 is 8.42 Å². The van der Waals surface area contributed by atoms with E-state index < -0.39 is 10.0 Å². The summed E-state index contributed by atoms with van der Waals surface area (Å²) in [5.41, 5.74) is 0. The first-order chi connectivity index (χ1) is 6.08. The molecule has 13 heavy (non-hydrogen) atoms. The third-order valence-corrected chi connectivity index (χ3v) is 3.96. The van der Waals surface area contributed by atoms with Gasteiger partial charge in [0, 0.05) is 19.0 Å².